The highest BCUT2D eigenvalue weighted by molar-refractivity contribution is 8.13. The molecular weight excluding hydrogens is 236 g/mol. The summed E-state index contributed by atoms with van der Waals surface area (Å²) in [6.45, 7) is 4.69. The smallest absolute Gasteiger partial charge is 0.234 e. The molecule has 0 heterocycles. The second kappa shape index (κ2) is 5.51. The summed E-state index contributed by atoms with van der Waals surface area (Å²) >= 11 is 0. The topological polar surface area (TPSA) is 43.4 Å². The lowest BCUT2D eigenvalue weighted by Gasteiger charge is -2.31. The van der Waals surface area contributed by atoms with Gasteiger partial charge in [0.25, 0.3) is 0 Å². The lowest BCUT2D eigenvalue weighted by molar-refractivity contribution is 0.0104. The molecule has 0 aromatic carbocycles. The van der Waals surface area contributed by atoms with Crippen LogP contribution < -0.4 is 0 Å². The Morgan fingerprint density at radius 1 is 1.27 bits per heavy atom. The minimum atomic E-state index is -3.40. The van der Waals surface area contributed by atoms with Crippen molar-refractivity contribution in [2.45, 2.75) is 39.2 Å². The average Bonchev–Trinajstić information content (AvgIpc) is 2.09. The van der Waals surface area contributed by atoms with Crippen molar-refractivity contribution in [2.75, 3.05) is 12.4 Å². The Labute approximate surface area is 96.6 Å². The minimum Gasteiger partial charge on any atom is -0.377 e. The summed E-state index contributed by atoms with van der Waals surface area (Å²) in [5, 5.41) is 0. The summed E-state index contributed by atoms with van der Waals surface area (Å²) in [5.74, 6) is 1.33. The molecule has 3 atom stereocenters. The van der Waals surface area contributed by atoms with Crippen molar-refractivity contribution in [3.05, 3.63) is 0 Å². The van der Waals surface area contributed by atoms with E-state index in [1.807, 2.05) is 0 Å². The van der Waals surface area contributed by atoms with Crippen LogP contribution in [0.5, 0.6) is 0 Å². The lowest BCUT2D eigenvalue weighted by Crippen LogP contribution is -2.27. The molecule has 3 nitrogen and oxygen atoms in total. The van der Waals surface area contributed by atoms with E-state index in [0.717, 1.165) is 18.8 Å². The molecule has 0 radical (unpaired) electrons. The maximum Gasteiger partial charge on any atom is 0.234 e. The first-order valence-electron chi connectivity index (χ1n) is 5.42. The summed E-state index contributed by atoms with van der Waals surface area (Å²) in [5.41, 5.74) is 0. The van der Waals surface area contributed by atoms with Crippen molar-refractivity contribution in [3.8, 4) is 0 Å². The molecule has 1 saturated carbocycles. The van der Waals surface area contributed by atoms with Crippen molar-refractivity contribution in [1.29, 1.82) is 0 Å². The molecule has 0 saturated heterocycles. The van der Waals surface area contributed by atoms with E-state index in [2.05, 4.69) is 13.8 Å². The van der Waals surface area contributed by atoms with Crippen LogP contribution in [-0.2, 0) is 13.8 Å². The highest BCUT2D eigenvalue weighted by Gasteiger charge is 2.25. The zero-order chi connectivity index (χ0) is 11.5. The normalized spacial score (nSPS) is 32.9. The Morgan fingerprint density at radius 2 is 1.93 bits per heavy atom. The van der Waals surface area contributed by atoms with Crippen LogP contribution in [0.15, 0.2) is 0 Å². The molecule has 5 heteroatoms. The number of hydrogen-bond donors (Lipinski definition) is 0. The average molecular weight is 255 g/mol. The van der Waals surface area contributed by atoms with Crippen LogP contribution >= 0.6 is 10.7 Å². The van der Waals surface area contributed by atoms with Gasteiger partial charge in [0.2, 0.25) is 9.05 Å². The number of ether oxygens (including phenoxy) is 1. The van der Waals surface area contributed by atoms with Gasteiger partial charge in [-0.2, -0.15) is 0 Å². The van der Waals surface area contributed by atoms with Crippen LogP contribution in [0.3, 0.4) is 0 Å². The maximum absolute atomic E-state index is 10.7. The van der Waals surface area contributed by atoms with Gasteiger partial charge in [0, 0.05) is 10.7 Å². The van der Waals surface area contributed by atoms with E-state index >= 15 is 0 Å². The molecule has 0 spiro atoms. The fourth-order valence-electron chi connectivity index (χ4n) is 1.96. The molecule has 0 aliphatic heterocycles. The molecule has 0 N–H and O–H groups in total. The molecule has 1 aliphatic rings. The van der Waals surface area contributed by atoms with Gasteiger partial charge in [-0.15, -0.1) is 0 Å². The molecule has 1 fully saturated rings. The van der Waals surface area contributed by atoms with Gasteiger partial charge < -0.3 is 4.74 Å². The third kappa shape index (κ3) is 5.18. The van der Waals surface area contributed by atoms with Crippen LogP contribution in [0.2, 0.25) is 0 Å². The first-order valence-corrected chi connectivity index (χ1v) is 7.90. The summed E-state index contributed by atoms with van der Waals surface area (Å²) in [4.78, 5) is 0. The second-order valence-corrected chi connectivity index (χ2v) is 7.40. The largest absolute Gasteiger partial charge is 0.377 e. The van der Waals surface area contributed by atoms with Gasteiger partial charge in [0.1, 0.15) is 0 Å². The van der Waals surface area contributed by atoms with Crippen LogP contribution in [0.25, 0.3) is 0 Å². The zero-order valence-electron chi connectivity index (χ0n) is 9.28. The fraction of sp³-hybridized carbons (Fsp3) is 1.00. The Hall–Kier alpha value is 0.200. The van der Waals surface area contributed by atoms with Crippen LogP contribution in [0.4, 0.5) is 0 Å². The van der Waals surface area contributed by atoms with Gasteiger partial charge in [-0.05, 0) is 31.1 Å². The van der Waals surface area contributed by atoms with Gasteiger partial charge in [-0.25, -0.2) is 8.42 Å². The predicted octanol–water partition coefficient (Wildman–Crippen LogP) is 2.40. The van der Waals surface area contributed by atoms with Gasteiger partial charge in [0.15, 0.2) is 0 Å². The van der Waals surface area contributed by atoms with E-state index in [9.17, 15) is 8.42 Å². The maximum atomic E-state index is 10.7. The third-order valence-electron chi connectivity index (χ3n) is 3.23. The van der Waals surface area contributed by atoms with Gasteiger partial charge in [-0.3, -0.25) is 0 Å². The molecule has 15 heavy (non-hydrogen) atoms. The molecule has 0 aromatic heterocycles. The molecule has 0 bridgehead atoms. The Kier molecular flexibility index (Phi) is 4.87. The molecule has 1 rings (SSSR count). The third-order valence-corrected chi connectivity index (χ3v) is 4.35. The summed E-state index contributed by atoms with van der Waals surface area (Å²) < 4.78 is 26.9. The van der Waals surface area contributed by atoms with E-state index in [0.29, 0.717) is 5.92 Å². The predicted molar refractivity (Wildman–Crippen MR) is 61.6 cm³/mol. The van der Waals surface area contributed by atoms with Crippen molar-refractivity contribution in [1.82, 2.24) is 0 Å². The van der Waals surface area contributed by atoms with E-state index in [1.54, 1.807) is 0 Å². The second-order valence-electron chi connectivity index (χ2n) is 4.50. The fourth-order valence-corrected chi connectivity index (χ4v) is 2.45. The monoisotopic (exact) mass is 254 g/mol. The van der Waals surface area contributed by atoms with E-state index < -0.39 is 9.05 Å². The van der Waals surface area contributed by atoms with Crippen molar-refractivity contribution < 1.29 is 13.2 Å². The summed E-state index contributed by atoms with van der Waals surface area (Å²) in [6, 6.07) is 0. The van der Waals surface area contributed by atoms with E-state index in [4.69, 9.17) is 15.4 Å². The molecule has 1 aliphatic carbocycles. The highest BCUT2D eigenvalue weighted by atomic mass is 35.7. The first-order chi connectivity index (χ1) is 6.88. The van der Waals surface area contributed by atoms with Crippen molar-refractivity contribution in [2.24, 2.45) is 11.8 Å². The Bertz CT molecular complexity index is 289. The molecular formula is C10H19ClO3S. The molecule has 3 unspecified atom stereocenters. The van der Waals surface area contributed by atoms with Crippen LogP contribution in [0, 0.1) is 11.8 Å². The molecule has 90 valence electrons. The minimum absolute atomic E-state index is 0.0883. The van der Waals surface area contributed by atoms with Gasteiger partial charge in [0.05, 0.1) is 18.5 Å². The SMILES string of the molecule is CC1CCC(OCCS(=O)(=O)Cl)CC1C. The number of halogens is 1. The summed E-state index contributed by atoms with van der Waals surface area (Å²) in [7, 11) is 1.69. The van der Waals surface area contributed by atoms with Crippen molar-refractivity contribution in [3.63, 3.8) is 0 Å². The van der Waals surface area contributed by atoms with Crippen molar-refractivity contribution >= 4 is 19.7 Å². The Morgan fingerprint density at radius 3 is 2.47 bits per heavy atom. The number of hydrogen-bond acceptors (Lipinski definition) is 3. The molecule has 0 amide bonds. The van der Waals surface area contributed by atoms with Crippen LogP contribution in [-0.4, -0.2) is 26.9 Å². The van der Waals surface area contributed by atoms with Gasteiger partial charge in [-0.1, -0.05) is 13.8 Å². The van der Waals surface area contributed by atoms with E-state index in [1.165, 1.54) is 6.42 Å². The molecule has 0 aromatic rings. The first kappa shape index (κ1) is 13.3. The van der Waals surface area contributed by atoms with E-state index in [-0.39, 0.29) is 18.5 Å². The Balaban J connectivity index is 2.23. The number of rotatable bonds is 4. The quantitative estimate of drug-likeness (QED) is 0.724. The summed E-state index contributed by atoms with van der Waals surface area (Å²) in [6.07, 6.45) is 3.45. The standard InChI is InChI=1S/C10H19ClO3S/c1-8-3-4-10(7-9(8)2)14-5-6-15(11,12)13/h8-10H,3-7H2,1-2H3. The highest BCUT2D eigenvalue weighted by Crippen LogP contribution is 2.30. The zero-order valence-corrected chi connectivity index (χ0v) is 10.9. The van der Waals surface area contributed by atoms with Gasteiger partial charge >= 0.3 is 0 Å². The van der Waals surface area contributed by atoms with Crippen LogP contribution in [0.1, 0.15) is 33.1 Å². The lowest BCUT2D eigenvalue weighted by atomic mass is 9.80.